The van der Waals surface area contributed by atoms with Gasteiger partial charge in [-0.1, -0.05) is 15.9 Å². The summed E-state index contributed by atoms with van der Waals surface area (Å²) in [6.45, 7) is 0.799. The van der Waals surface area contributed by atoms with Gasteiger partial charge in [-0.3, -0.25) is 9.59 Å². The predicted octanol–water partition coefficient (Wildman–Crippen LogP) is 4.39. The van der Waals surface area contributed by atoms with Gasteiger partial charge in [0.15, 0.2) is 0 Å². The standard InChI is InChI=1S/C20H19BrN2O2/c21-16-7-5-13(6-8-16)19(24)22-17-9-10-18-15(12-17)2-1-11-23(18)20(25)14-3-4-14/h5-10,12,14H,1-4,11H2,(H,22,24). The maximum absolute atomic E-state index is 12.5. The van der Waals surface area contributed by atoms with Crippen LogP contribution in [0.5, 0.6) is 0 Å². The number of hydrogen-bond acceptors (Lipinski definition) is 2. The first-order chi connectivity index (χ1) is 12.1. The Bertz CT molecular complexity index is 828. The average molecular weight is 399 g/mol. The lowest BCUT2D eigenvalue weighted by Crippen LogP contribution is -2.36. The van der Waals surface area contributed by atoms with Crippen LogP contribution in [0.1, 0.15) is 35.2 Å². The molecule has 2 aliphatic rings. The van der Waals surface area contributed by atoms with Gasteiger partial charge in [-0.2, -0.15) is 0 Å². The smallest absolute Gasteiger partial charge is 0.255 e. The lowest BCUT2D eigenvalue weighted by Gasteiger charge is -2.30. The van der Waals surface area contributed by atoms with E-state index >= 15 is 0 Å². The number of aryl methyl sites for hydroxylation is 1. The lowest BCUT2D eigenvalue weighted by molar-refractivity contribution is -0.119. The molecule has 2 aromatic carbocycles. The van der Waals surface area contributed by atoms with Crippen LogP contribution in [0, 0.1) is 5.92 Å². The molecule has 1 N–H and O–H groups in total. The van der Waals surface area contributed by atoms with Crippen molar-refractivity contribution in [1.29, 1.82) is 0 Å². The van der Waals surface area contributed by atoms with Gasteiger partial charge in [0, 0.05) is 33.9 Å². The predicted molar refractivity (Wildman–Crippen MR) is 102 cm³/mol. The highest BCUT2D eigenvalue weighted by Gasteiger charge is 2.35. The minimum Gasteiger partial charge on any atom is -0.322 e. The molecule has 25 heavy (non-hydrogen) atoms. The first-order valence-corrected chi connectivity index (χ1v) is 9.42. The van der Waals surface area contributed by atoms with Gasteiger partial charge >= 0.3 is 0 Å². The Labute approximate surface area is 155 Å². The number of fused-ring (bicyclic) bond motifs is 1. The monoisotopic (exact) mass is 398 g/mol. The summed E-state index contributed by atoms with van der Waals surface area (Å²) >= 11 is 3.37. The molecule has 128 valence electrons. The number of carbonyl (C=O) groups is 2. The summed E-state index contributed by atoms with van der Waals surface area (Å²) in [5, 5.41) is 2.95. The van der Waals surface area contributed by atoms with Crippen LogP contribution in [0.3, 0.4) is 0 Å². The summed E-state index contributed by atoms with van der Waals surface area (Å²) in [6, 6.07) is 13.1. The van der Waals surface area contributed by atoms with Crippen LogP contribution < -0.4 is 10.2 Å². The first-order valence-electron chi connectivity index (χ1n) is 8.63. The van der Waals surface area contributed by atoms with Gasteiger partial charge in [-0.25, -0.2) is 0 Å². The quantitative estimate of drug-likeness (QED) is 0.832. The number of nitrogens with one attached hydrogen (secondary N) is 1. The highest BCUT2D eigenvalue weighted by Crippen LogP contribution is 2.36. The molecule has 0 unspecified atom stereocenters. The fourth-order valence-electron chi connectivity index (χ4n) is 3.26. The lowest BCUT2D eigenvalue weighted by atomic mass is 10.00. The third-order valence-corrected chi connectivity index (χ3v) is 5.28. The van der Waals surface area contributed by atoms with Gasteiger partial charge < -0.3 is 10.2 Å². The molecule has 4 rings (SSSR count). The van der Waals surface area contributed by atoms with Gasteiger partial charge in [-0.05, 0) is 73.7 Å². The Morgan fingerprint density at radius 3 is 2.56 bits per heavy atom. The van der Waals surface area contributed by atoms with Crippen molar-refractivity contribution in [2.45, 2.75) is 25.7 Å². The van der Waals surface area contributed by atoms with Crippen LogP contribution >= 0.6 is 15.9 Å². The van der Waals surface area contributed by atoms with Crippen LogP contribution in [0.4, 0.5) is 11.4 Å². The topological polar surface area (TPSA) is 49.4 Å². The molecule has 0 atom stereocenters. The molecule has 4 nitrogen and oxygen atoms in total. The summed E-state index contributed by atoms with van der Waals surface area (Å²) in [5.74, 6) is 0.351. The number of rotatable bonds is 3. The minimum absolute atomic E-state index is 0.130. The van der Waals surface area contributed by atoms with E-state index < -0.39 is 0 Å². The molecule has 1 aliphatic carbocycles. The molecule has 2 aromatic rings. The van der Waals surface area contributed by atoms with Gasteiger partial charge in [0.2, 0.25) is 5.91 Å². The maximum Gasteiger partial charge on any atom is 0.255 e. The van der Waals surface area contributed by atoms with Gasteiger partial charge in [-0.15, -0.1) is 0 Å². The molecular weight excluding hydrogens is 380 g/mol. The summed E-state index contributed by atoms with van der Waals surface area (Å²) < 4.78 is 0.943. The van der Waals surface area contributed by atoms with E-state index in [4.69, 9.17) is 0 Å². The van der Waals surface area contributed by atoms with E-state index in [0.717, 1.165) is 53.6 Å². The Morgan fingerprint density at radius 2 is 1.84 bits per heavy atom. The van der Waals surface area contributed by atoms with Crippen LogP contribution in [0.2, 0.25) is 0 Å². The van der Waals surface area contributed by atoms with E-state index in [1.54, 1.807) is 12.1 Å². The second-order valence-electron chi connectivity index (χ2n) is 6.67. The molecule has 0 bridgehead atoms. The van der Waals surface area contributed by atoms with Crippen molar-refractivity contribution in [1.82, 2.24) is 0 Å². The van der Waals surface area contributed by atoms with E-state index in [1.165, 1.54) is 0 Å². The molecule has 0 spiro atoms. The van der Waals surface area contributed by atoms with Crippen LogP contribution in [-0.4, -0.2) is 18.4 Å². The van der Waals surface area contributed by atoms with E-state index in [9.17, 15) is 9.59 Å². The van der Waals surface area contributed by atoms with E-state index in [2.05, 4.69) is 21.2 Å². The second-order valence-corrected chi connectivity index (χ2v) is 7.59. The Balaban J connectivity index is 1.53. The van der Waals surface area contributed by atoms with Crippen molar-refractivity contribution in [3.63, 3.8) is 0 Å². The molecule has 5 heteroatoms. The molecule has 0 radical (unpaired) electrons. The van der Waals surface area contributed by atoms with E-state index in [1.807, 2.05) is 35.2 Å². The van der Waals surface area contributed by atoms with Crippen molar-refractivity contribution in [3.8, 4) is 0 Å². The van der Waals surface area contributed by atoms with Crippen LogP contribution in [-0.2, 0) is 11.2 Å². The van der Waals surface area contributed by atoms with Gasteiger partial charge in [0.05, 0.1) is 0 Å². The number of hydrogen-bond donors (Lipinski definition) is 1. The van der Waals surface area contributed by atoms with Gasteiger partial charge in [0.1, 0.15) is 0 Å². The molecule has 0 saturated heterocycles. The molecule has 1 fully saturated rings. The summed E-state index contributed by atoms with van der Waals surface area (Å²) in [5.41, 5.74) is 3.53. The highest BCUT2D eigenvalue weighted by molar-refractivity contribution is 9.10. The molecule has 1 heterocycles. The van der Waals surface area contributed by atoms with E-state index in [0.29, 0.717) is 5.56 Å². The van der Waals surface area contributed by atoms with Crippen LogP contribution in [0.15, 0.2) is 46.9 Å². The first kappa shape index (κ1) is 16.3. The minimum atomic E-state index is -0.130. The zero-order valence-electron chi connectivity index (χ0n) is 13.8. The zero-order chi connectivity index (χ0) is 17.4. The normalized spacial score (nSPS) is 16.3. The molecular formula is C20H19BrN2O2. The van der Waals surface area contributed by atoms with Gasteiger partial charge in [0.25, 0.3) is 5.91 Å². The number of nitrogens with zero attached hydrogens (tertiary/aromatic N) is 1. The molecule has 1 aliphatic heterocycles. The fourth-order valence-corrected chi connectivity index (χ4v) is 3.52. The third kappa shape index (κ3) is 3.47. The molecule has 2 amide bonds. The van der Waals surface area contributed by atoms with Crippen molar-refractivity contribution in [2.75, 3.05) is 16.8 Å². The average Bonchev–Trinajstić information content (AvgIpc) is 3.46. The SMILES string of the molecule is O=C(Nc1ccc2c(c1)CCCN2C(=O)C1CC1)c1ccc(Br)cc1. The summed E-state index contributed by atoms with van der Waals surface area (Å²) in [7, 11) is 0. The Morgan fingerprint density at radius 1 is 1.08 bits per heavy atom. The van der Waals surface area contributed by atoms with E-state index in [-0.39, 0.29) is 17.7 Å². The number of amides is 2. The van der Waals surface area contributed by atoms with Crippen molar-refractivity contribution in [3.05, 3.63) is 58.1 Å². The maximum atomic E-state index is 12.5. The number of halogens is 1. The number of carbonyl (C=O) groups excluding carboxylic acids is 2. The number of anilines is 2. The Hall–Kier alpha value is -2.14. The summed E-state index contributed by atoms with van der Waals surface area (Å²) in [6.07, 6.45) is 3.94. The molecule has 1 saturated carbocycles. The number of benzene rings is 2. The fraction of sp³-hybridized carbons (Fsp3) is 0.300. The largest absolute Gasteiger partial charge is 0.322 e. The van der Waals surface area contributed by atoms with Crippen molar-refractivity contribution in [2.24, 2.45) is 5.92 Å². The summed E-state index contributed by atoms with van der Waals surface area (Å²) in [4.78, 5) is 26.8. The second kappa shape index (κ2) is 6.64. The molecule has 0 aromatic heterocycles. The third-order valence-electron chi connectivity index (χ3n) is 4.76. The van der Waals surface area contributed by atoms with Crippen molar-refractivity contribution < 1.29 is 9.59 Å². The van der Waals surface area contributed by atoms with Crippen LogP contribution in [0.25, 0.3) is 0 Å². The van der Waals surface area contributed by atoms with Crippen molar-refractivity contribution >= 4 is 39.1 Å². The highest BCUT2D eigenvalue weighted by atomic mass is 79.9. The Kier molecular flexibility index (Phi) is 4.34. The zero-order valence-corrected chi connectivity index (χ0v) is 15.4.